The number of phenolic OH excluding ortho intramolecular Hbond substituents is 1. The van der Waals surface area contributed by atoms with Crippen LogP contribution in [-0.4, -0.2) is 73.6 Å². The maximum atomic E-state index is 13.4. The number of sulfonamides is 1. The van der Waals surface area contributed by atoms with Crippen LogP contribution in [0, 0.1) is 5.92 Å². The van der Waals surface area contributed by atoms with Gasteiger partial charge in [0.05, 0.1) is 30.3 Å². The second-order valence-corrected chi connectivity index (χ2v) is 11.0. The van der Waals surface area contributed by atoms with E-state index in [1.807, 2.05) is 44.2 Å². The molecule has 1 saturated heterocycles. The van der Waals surface area contributed by atoms with Gasteiger partial charge in [0.15, 0.2) is 0 Å². The van der Waals surface area contributed by atoms with Gasteiger partial charge in [-0.25, -0.2) is 13.2 Å². The molecule has 3 atom stereocenters. The minimum Gasteiger partial charge on any atom is -0.508 e. The number of hydrogen-bond acceptors (Lipinski definition) is 7. The lowest BCUT2D eigenvalue weighted by molar-refractivity contribution is 0.0644. The minimum absolute atomic E-state index is 0.0258. The zero-order valence-electron chi connectivity index (χ0n) is 20.0. The molecule has 1 unspecified atom stereocenters. The van der Waals surface area contributed by atoms with Gasteiger partial charge in [0.2, 0.25) is 10.0 Å². The molecule has 1 fully saturated rings. The number of hydrogen-bond donors (Lipinski definition) is 3. The molecule has 1 aliphatic heterocycles. The van der Waals surface area contributed by atoms with Crippen LogP contribution in [0.15, 0.2) is 59.5 Å². The van der Waals surface area contributed by atoms with E-state index in [4.69, 9.17) is 9.47 Å². The van der Waals surface area contributed by atoms with Crippen molar-refractivity contribution in [1.82, 2.24) is 9.62 Å². The van der Waals surface area contributed by atoms with E-state index in [0.29, 0.717) is 19.6 Å². The first-order valence-electron chi connectivity index (χ1n) is 11.7. The molecule has 2 aromatic carbocycles. The van der Waals surface area contributed by atoms with Gasteiger partial charge in [-0.2, -0.15) is 4.31 Å². The van der Waals surface area contributed by atoms with Crippen LogP contribution in [0.4, 0.5) is 4.79 Å². The summed E-state index contributed by atoms with van der Waals surface area (Å²) in [6.45, 7) is 4.49. The van der Waals surface area contributed by atoms with Gasteiger partial charge in [0, 0.05) is 19.5 Å². The number of benzene rings is 2. The Labute approximate surface area is 206 Å². The fraction of sp³-hybridized carbons (Fsp3) is 0.480. The Bertz CT molecular complexity index is 1060. The van der Waals surface area contributed by atoms with E-state index in [0.717, 1.165) is 5.56 Å². The SMILES string of the molecule is CC(C)CN(C[C@@H](O)[C@H](Cc1ccccc1)NC(=O)OC1CCOC1)S(=O)(=O)c1cccc(O)c1. The van der Waals surface area contributed by atoms with Crippen molar-refractivity contribution in [2.45, 2.75) is 49.8 Å². The molecule has 2 aromatic rings. The third-order valence-electron chi connectivity index (χ3n) is 5.64. The number of phenols is 1. The van der Waals surface area contributed by atoms with E-state index in [9.17, 15) is 23.4 Å². The predicted octanol–water partition coefficient (Wildman–Crippen LogP) is 2.53. The smallest absolute Gasteiger partial charge is 0.407 e. The number of aliphatic hydroxyl groups excluding tert-OH is 1. The number of ether oxygens (including phenoxy) is 2. The van der Waals surface area contributed by atoms with Gasteiger partial charge in [-0.1, -0.05) is 50.2 Å². The summed E-state index contributed by atoms with van der Waals surface area (Å²) in [6.07, 6.45) is -1.39. The summed E-state index contributed by atoms with van der Waals surface area (Å²) in [6, 6.07) is 13.9. The summed E-state index contributed by atoms with van der Waals surface area (Å²) < 4.78 is 38.6. The van der Waals surface area contributed by atoms with Crippen LogP contribution in [0.2, 0.25) is 0 Å². The van der Waals surface area contributed by atoms with Crippen molar-refractivity contribution in [3.63, 3.8) is 0 Å². The molecule has 10 heteroatoms. The number of amides is 1. The molecule has 192 valence electrons. The molecule has 3 rings (SSSR count). The standard InChI is InChI=1S/C25H34N2O7S/c1-18(2)15-27(35(31,32)22-10-6-9-20(28)14-22)16-24(29)23(13-19-7-4-3-5-8-19)26-25(30)34-21-11-12-33-17-21/h3-10,14,18,21,23-24,28-29H,11-13,15-17H2,1-2H3,(H,26,30)/t21?,23-,24+/m0/s1. The number of carbonyl (C=O) groups excluding carboxylic acids is 1. The Hall–Kier alpha value is -2.66. The molecule has 0 saturated carbocycles. The lowest BCUT2D eigenvalue weighted by Crippen LogP contribution is -2.51. The van der Waals surface area contributed by atoms with Gasteiger partial charge in [-0.05, 0) is 36.1 Å². The Morgan fingerprint density at radius 3 is 2.54 bits per heavy atom. The van der Waals surface area contributed by atoms with Crippen molar-refractivity contribution < 1.29 is 32.9 Å². The molecule has 35 heavy (non-hydrogen) atoms. The first kappa shape index (κ1) is 26.9. The molecular weight excluding hydrogens is 472 g/mol. The van der Waals surface area contributed by atoms with Gasteiger partial charge in [-0.15, -0.1) is 0 Å². The lowest BCUT2D eigenvalue weighted by Gasteiger charge is -2.30. The predicted molar refractivity (Wildman–Crippen MR) is 130 cm³/mol. The number of aromatic hydroxyl groups is 1. The van der Waals surface area contributed by atoms with Crippen molar-refractivity contribution >= 4 is 16.1 Å². The van der Waals surface area contributed by atoms with Gasteiger partial charge in [0.25, 0.3) is 0 Å². The highest BCUT2D eigenvalue weighted by atomic mass is 32.2. The van der Waals surface area contributed by atoms with Crippen LogP contribution in [0.5, 0.6) is 5.75 Å². The van der Waals surface area contributed by atoms with Gasteiger partial charge >= 0.3 is 6.09 Å². The number of carbonyl (C=O) groups is 1. The Morgan fingerprint density at radius 1 is 1.17 bits per heavy atom. The molecule has 0 spiro atoms. The highest BCUT2D eigenvalue weighted by Gasteiger charge is 2.32. The average Bonchev–Trinajstić information content (AvgIpc) is 3.31. The fourth-order valence-corrected chi connectivity index (χ4v) is 5.56. The summed E-state index contributed by atoms with van der Waals surface area (Å²) in [5.74, 6) is -0.194. The second kappa shape index (κ2) is 12.3. The van der Waals surface area contributed by atoms with Crippen LogP contribution in [0.25, 0.3) is 0 Å². The van der Waals surface area contributed by atoms with E-state index >= 15 is 0 Å². The number of nitrogens with one attached hydrogen (secondary N) is 1. The van der Waals surface area contributed by atoms with Crippen LogP contribution < -0.4 is 5.32 Å². The van der Waals surface area contributed by atoms with Crippen molar-refractivity contribution in [1.29, 1.82) is 0 Å². The van der Waals surface area contributed by atoms with Crippen molar-refractivity contribution in [2.24, 2.45) is 5.92 Å². The zero-order chi connectivity index (χ0) is 25.4. The molecule has 0 bridgehead atoms. The van der Waals surface area contributed by atoms with E-state index in [1.54, 1.807) is 0 Å². The maximum absolute atomic E-state index is 13.4. The molecule has 1 aliphatic rings. The summed E-state index contributed by atoms with van der Waals surface area (Å²) in [5.41, 5.74) is 0.868. The van der Waals surface area contributed by atoms with E-state index in [1.165, 1.54) is 28.6 Å². The van der Waals surface area contributed by atoms with Crippen molar-refractivity contribution in [2.75, 3.05) is 26.3 Å². The molecule has 9 nitrogen and oxygen atoms in total. The van der Waals surface area contributed by atoms with Crippen LogP contribution >= 0.6 is 0 Å². The molecule has 0 radical (unpaired) electrons. The molecule has 1 heterocycles. The Balaban J connectivity index is 1.80. The summed E-state index contributed by atoms with van der Waals surface area (Å²) in [7, 11) is -4.01. The molecule has 0 aromatic heterocycles. The van der Waals surface area contributed by atoms with Crippen molar-refractivity contribution in [3.05, 3.63) is 60.2 Å². The van der Waals surface area contributed by atoms with Crippen molar-refractivity contribution in [3.8, 4) is 5.75 Å². The number of rotatable bonds is 11. The largest absolute Gasteiger partial charge is 0.508 e. The Kier molecular flexibility index (Phi) is 9.50. The summed E-state index contributed by atoms with van der Waals surface area (Å²) in [5, 5.41) is 23.7. The highest BCUT2D eigenvalue weighted by Crippen LogP contribution is 2.22. The monoisotopic (exact) mass is 506 g/mol. The van der Waals surface area contributed by atoms with Gasteiger partial charge < -0.3 is 25.0 Å². The normalized spacial score (nSPS) is 17.9. The summed E-state index contributed by atoms with van der Waals surface area (Å²) >= 11 is 0. The maximum Gasteiger partial charge on any atom is 0.407 e. The van der Waals surface area contributed by atoms with Gasteiger partial charge in [0.1, 0.15) is 11.9 Å². The number of alkyl carbamates (subject to hydrolysis) is 1. The minimum atomic E-state index is -4.01. The molecular formula is C25H34N2O7S. The van der Waals surface area contributed by atoms with E-state index in [2.05, 4.69) is 5.32 Å². The third-order valence-corrected chi connectivity index (χ3v) is 7.47. The molecule has 3 N–H and O–H groups in total. The van der Waals surface area contributed by atoms with Crippen LogP contribution in [0.1, 0.15) is 25.8 Å². The fourth-order valence-electron chi connectivity index (χ4n) is 3.90. The van der Waals surface area contributed by atoms with Crippen LogP contribution in [0.3, 0.4) is 0 Å². The topological polar surface area (TPSA) is 125 Å². The second-order valence-electron chi connectivity index (χ2n) is 9.11. The third kappa shape index (κ3) is 7.93. The first-order chi connectivity index (χ1) is 16.6. The van der Waals surface area contributed by atoms with E-state index < -0.39 is 28.3 Å². The molecule has 0 aliphatic carbocycles. The molecule has 1 amide bonds. The zero-order valence-corrected chi connectivity index (χ0v) is 20.9. The Morgan fingerprint density at radius 2 is 1.91 bits per heavy atom. The summed E-state index contributed by atoms with van der Waals surface area (Å²) in [4.78, 5) is 12.5. The quantitative estimate of drug-likeness (QED) is 0.428. The van der Waals surface area contributed by atoms with Crippen LogP contribution in [-0.2, 0) is 25.9 Å². The lowest BCUT2D eigenvalue weighted by atomic mass is 10.0. The van der Waals surface area contributed by atoms with Gasteiger partial charge in [-0.3, -0.25) is 0 Å². The first-order valence-corrected chi connectivity index (χ1v) is 13.1. The van der Waals surface area contributed by atoms with E-state index in [-0.39, 0.29) is 42.2 Å². The number of aliphatic hydroxyl groups is 1. The highest BCUT2D eigenvalue weighted by molar-refractivity contribution is 7.89. The average molecular weight is 507 g/mol. The number of nitrogens with zero attached hydrogens (tertiary/aromatic N) is 1.